The zero-order valence-corrected chi connectivity index (χ0v) is 22.0. The van der Waals surface area contributed by atoms with Crippen molar-refractivity contribution in [2.75, 3.05) is 14.2 Å². The van der Waals surface area contributed by atoms with Gasteiger partial charge in [-0.2, -0.15) is 0 Å². The molecule has 0 aliphatic heterocycles. The molecule has 0 spiro atoms. The third-order valence-corrected chi connectivity index (χ3v) is 17.0. The van der Waals surface area contributed by atoms with Crippen molar-refractivity contribution in [1.29, 1.82) is 0 Å². The maximum absolute atomic E-state index is 14.0. The van der Waals surface area contributed by atoms with E-state index in [9.17, 15) is 4.79 Å². The first-order valence-electron chi connectivity index (χ1n) is 12.7. The van der Waals surface area contributed by atoms with Crippen LogP contribution in [0.25, 0.3) is 0 Å². The standard InChI is InChI=1S/C24H45O4Si2/c1-5-24(2,29(26-3)27-4)23(25)28-30(22-18-12-13-19-22,20-14-8-6-9-15-20)21-16-10-7-11-17-21/h20-22H,5-19H2,1-4H3. The van der Waals surface area contributed by atoms with E-state index in [0.717, 1.165) is 0 Å². The van der Waals surface area contributed by atoms with Gasteiger partial charge in [0.1, 0.15) is 5.04 Å². The molecule has 0 saturated heterocycles. The van der Waals surface area contributed by atoms with Crippen molar-refractivity contribution in [3.8, 4) is 0 Å². The number of rotatable bonds is 9. The second kappa shape index (κ2) is 11.1. The summed E-state index contributed by atoms with van der Waals surface area (Å²) < 4.78 is 18.5. The van der Waals surface area contributed by atoms with Gasteiger partial charge in [-0.05, 0) is 68.5 Å². The fourth-order valence-corrected chi connectivity index (χ4v) is 15.6. The maximum atomic E-state index is 14.0. The molecule has 0 heterocycles. The monoisotopic (exact) mass is 453 g/mol. The second-order valence-corrected chi connectivity index (χ2v) is 17.1. The van der Waals surface area contributed by atoms with Crippen LogP contribution < -0.4 is 0 Å². The fourth-order valence-electron chi connectivity index (χ4n) is 6.91. The number of carbonyl (C=O) groups excluding carboxylic acids is 1. The predicted octanol–water partition coefficient (Wildman–Crippen LogP) is 7.04. The smallest absolute Gasteiger partial charge is 0.402 e. The lowest BCUT2D eigenvalue weighted by atomic mass is 9.99. The quantitative estimate of drug-likeness (QED) is 0.351. The van der Waals surface area contributed by atoms with Gasteiger partial charge in [-0.3, -0.25) is 4.79 Å². The van der Waals surface area contributed by atoms with E-state index >= 15 is 0 Å². The largest absolute Gasteiger partial charge is 0.518 e. The van der Waals surface area contributed by atoms with Crippen molar-refractivity contribution in [2.45, 2.75) is 132 Å². The van der Waals surface area contributed by atoms with Crippen LogP contribution in [0.2, 0.25) is 21.7 Å². The Morgan fingerprint density at radius 3 is 1.50 bits per heavy atom. The Kier molecular flexibility index (Phi) is 9.06. The van der Waals surface area contributed by atoms with E-state index in [2.05, 4.69) is 6.92 Å². The van der Waals surface area contributed by atoms with Crippen LogP contribution in [0.5, 0.6) is 0 Å². The van der Waals surface area contributed by atoms with Crippen LogP contribution >= 0.6 is 0 Å². The molecular formula is C24H45O4Si2. The Morgan fingerprint density at radius 1 is 0.800 bits per heavy atom. The highest BCUT2D eigenvalue weighted by Gasteiger charge is 2.60. The van der Waals surface area contributed by atoms with Gasteiger partial charge in [0.2, 0.25) is 0 Å². The molecular weight excluding hydrogens is 408 g/mol. The molecule has 1 unspecified atom stereocenters. The minimum Gasteiger partial charge on any atom is -0.518 e. The van der Waals surface area contributed by atoms with Crippen LogP contribution in [0.1, 0.15) is 110 Å². The van der Waals surface area contributed by atoms with Gasteiger partial charge in [-0.15, -0.1) is 0 Å². The van der Waals surface area contributed by atoms with Gasteiger partial charge in [0.05, 0.1) is 0 Å². The summed E-state index contributed by atoms with van der Waals surface area (Å²) >= 11 is 0. The van der Waals surface area contributed by atoms with Crippen LogP contribution in [0.4, 0.5) is 0 Å². The lowest BCUT2D eigenvalue weighted by Gasteiger charge is -2.50. The van der Waals surface area contributed by atoms with E-state index in [-0.39, 0.29) is 5.97 Å². The first-order chi connectivity index (χ1) is 14.5. The molecule has 0 aromatic carbocycles. The van der Waals surface area contributed by atoms with Crippen LogP contribution in [-0.2, 0) is 18.1 Å². The molecule has 3 aliphatic carbocycles. The summed E-state index contributed by atoms with van der Waals surface area (Å²) in [6.07, 6.45) is 19.1. The van der Waals surface area contributed by atoms with Crippen LogP contribution in [-0.4, -0.2) is 37.8 Å². The van der Waals surface area contributed by atoms with Crippen molar-refractivity contribution in [2.24, 2.45) is 0 Å². The molecule has 4 nitrogen and oxygen atoms in total. The number of hydrogen-bond acceptors (Lipinski definition) is 4. The summed E-state index contributed by atoms with van der Waals surface area (Å²) in [6.45, 7) is 4.12. The topological polar surface area (TPSA) is 44.8 Å². The van der Waals surface area contributed by atoms with Crippen molar-refractivity contribution in [3.63, 3.8) is 0 Å². The average molecular weight is 454 g/mol. The lowest BCUT2D eigenvalue weighted by molar-refractivity contribution is -0.140. The Balaban J connectivity index is 1.99. The SMILES string of the molecule is CCC(C)(C(=O)O[Si](C1CCCCC1)(C1CCCCC1)C1CCCC1)[Si](OC)OC. The van der Waals surface area contributed by atoms with Gasteiger partial charge in [0, 0.05) is 14.2 Å². The molecule has 0 aromatic rings. The molecule has 3 rings (SSSR count). The molecule has 6 heteroatoms. The number of hydrogen-bond donors (Lipinski definition) is 0. The molecule has 3 saturated carbocycles. The third kappa shape index (κ3) is 4.76. The van der Waals surface area contributed by atoms with E-state index in [1.807, 2.05) is 6.92 Å². The third-order valence-electron chi connectivity index (χ3n) is 8.73. The highest BCUT2D eigenvalue weighted by Crippen LogP contribution is 2.58. The van der Waals surface area contributed by atoms with Crippen molar-refractivity contribution in [3.05, 3.63) is 0 Å². The molecule has 173 valence electrons. The van der Waals surface area contributed by atoms with E-state index in [4.69, 9.17) is 13.3 Å². The summed E-state index contributed by atoms with van der Waals surface area (Å²) in [7, 11) is -0.616. The van der Waals surface area contributed by atoms with Gasteiger partial charge >= 0.3 is 9.28 Å². The normalized spacial score (nSPS) is 24.8. The Hall–Kier alpha value is -0.176. The summed E-state index contributed by atoms with van der Waals surface area (Å²) in [5.74, 6) is 0.0114. The molecule has 0 bridgehead atoms. The van der Waals surface area contributed by atoms with Crippen molar-refractivity contribution < 1.29 is 18.1 Å². The zero-order valence-electron chi connectivity index (χ0n) is 20.0. The van der Waals surface area contributed by atoms with Gasteiger partial charge in [0.15, 0.2) is 0 Å². The molecule has 30 heavy (non-hydrogen) atoms. The van der Waals surface area contributed by atoms with Gasteiger partial charge < -0.3 is 13.3 Å². The highest BCUT2D eigenvalue weighted by molar-refractivity contribution is 6.80. The van der Waals surface area contributed by atoms with Crippen LogP contribution in [0.3, 0.4) is 0 Å². The molecule has 0 amide bonds. The molecule has 1 atom stereocenters. The summed E-state index contributed by atoms with van der Waals surface area (Å²) in [4.78, 5) is 14.0. The van der Waals surface area contributed by atoms with E-state index in [1.165, 1.54) is 89.9 Å². The van der Waals surface area contributed by atoms with Crippen molar-refractivity contribution in [1.82, 2.24) is 0 Å². The Morgan fingerprint density at radius 2 is 1.17 bits per heavy atom. The molecule has 3 fully saturated rings. The van der Waals surface area contributed by atoms with Crippen LogP contribution in [0.15, 0.2) is 0 Å². The minimum absolute atomic E-state index is 0.0114. The van der Waals surface area contributed by atoms with Gasteiger partial charge in [-0.25, -0.2) is 0 Å². The summed E-state index contributed by atoms with van der Waals surface area (Å²) in [5, 5.41) is -0.644. The Bertz CT molecular complexity index is 517. The Labute approximate surface area is 187 Å². The molecule has 0 N–H and O–H groups in total. The average Bonchev–Trinajstić information content (AvgIpc) is 3.34. The van der Waals surface area contributed by atoms with E-state index in [0.29, 0.717) is 23.0 Å². The van der Waals surface area contributed by atoms with Gasteiger partial charge in [-0.1, -0.05) is 58.3 Å². The van der Waals surface area contributed by atoms with E-state index in [1.54, 1.807) is 14.2 Å². The predicted molar refractivity (Wildman–Crippen MR) is 126 cm³/mol. The van der Waals surface area contributed by atoms with Crippen molar-refractivity contribution >= 4 is 23.6 Å². The molecule has 1 radical (unpaired) electrons. The fraction of sp³-hybridized carbons (Fsp3) is 0.958. The lowest BCUT2D eigenvalue weighted by Crippen LogP contribution is -2.56. The molecule has 0 aromatic heterocycles. The second-order valence-electron chi connectivity index (χ2n) is 10.3. The first kappa shape index (κ1) is 24.5. The van der Waals surface area contributed by atoms with Crippen LogP contribution in [0, 0.1) is 0 Å². The summed E-state index contributed by atoms with van der Waals surface area (Å²) in [6, 6.07) is 0. The minimum atomic E-state index is -2.27. The zero-order chi connectivity index (χ0) is 21.6. The number of carbonyl (C=O) groups is 1. The maximum Gasteiger partial charge on any atom is 0.402 e. The molecule has 3 aliphatic rings. The summed E-state index contributed by atoms with van der Waals surface area (Å²) in [5.41, 5.74) is 2.01. The highest BCUT2D eigenvalue weighted by atomic mass is 28.4. The van der Waals surface area contributed by atoms with E-state index < -0.39 is 22.6 Å². The van der Waals surface area contributed by atoms with Gasteiger partial charge in [0.25, 0.3) is 14.3 Å². The first-order valence-corrected chi connectivity index (χ1v) is 16.2.